The normalized spacial score (nSPS) is 20.4. The van der Waals surface area contributed by atoms with Gasteiger partial charge >= 0.3 is 0 Å². The minimum absolute atomic E-state index is 0.514. The van der Waals surface area contributed by atoms with E-state index in [-0.39, 0.29) is 0 Å². The van der Waals surface area contributed by atoms with E-state index < -0.39 is 0 Å². The molecule has 2 unspecified atom stereocenters. The van der Waals surface area contributed by atoms with Gasteiger partial charge in [-0.3, -0.25) is 0 Å². The molecule has 0 nitrogen and oxygen atoms in total. The highest BCUT2D eigenvalue weighted by Crippen LogP contribution is 2.45. The van der Waals surface area contributed by atoms with E-state index in [1.54, 1.807) is 0 Å². The topological polar surface area (TPSA) is 0 Å². The number of allylic oxidation sites excluding steroid dienone is 12. The van der Waals surface area contributed by atoms with Crippen molar-refractivity contribution in [3.05, 3.63) is 119 Å². The van der Waals surface area contributed by atoms with Gasteiger partial charge in [0.2, 0.25) is 0 Å². The van der Waals surface area contributed by atoms with E-state index in [0.717, 1.165) is 19.3 Å². The Morgan fingerprint density at radius 3 is 2.24 bits per heavy atom. The first-order valence-electron chi connectivity index (χ1n) is 12.4. The van der Waals surface area contributed by atoms with Crippen LogP contribution in [0.5, 0.6) is 0 Å². The summed E-state index contributed by atoms with van der Waals surface area (Å²) in [5, 5.41) is 5.48. The van der Waals surface area contributed by atoms with Crippen LogP contribution in [0, 0.1) is 11.8 Å². The van der Waals surface area contributed by atoms with Crippen LogP contribution in [0.25, 0.3) is 32.7 Å². The molecule has 3 aliphatic carbocycles. The Morgan fingerprint density at radius 1 is 0.939 bits per heavy atom. The molecule has 3 aromatic rings. The van der Waals surface area contributed by atoms with Gasteiger partial charge in [0.15, 0.2) is 0 Å². The Bertz CT molecular complexity index is 1390. The molecule has 0 aromatic heterocycles. The summed E-state index contributed by atoms with van der Waals surface area (Å²) in [4.78, 5) is 0. The van der Waals surface area contributed by atoms with Gasteiger partial charge in [-0.2, -0.15) is 0 Å². The van der Waals surface area contributed by atoms with Crippen molar-refractivity contribution in [3.8, 4) is 0 Å². The predicted octanol–water partition coefficient (Wildman–Crippen LogP) is 9.21. The Balaban J connectivity index is 1.67. The fourth-order valence-corrected chi connectivity index (χ4v) is 5.44. The standard InChI is InChI=1S/C33H30/c1-3-22(2)31(20-23-16-17-23)33-29-14-8-6-12-27(29)32(28-13-7-9-15-30(28)33)26-19-18-24-10-4-5-11-25(24)21-26/h4-16,19-22,24H,3,17-18H2,1-2H3/b31-20+. The van der Waals surface area contributed by atoms with E-state index in [1.807, 2.05) is 0 Å². The molecule has 0 spiro atoms. The minimum atomic E-state index is 0.514. The molecule has 0 aliphatic heterocycles. The summed E-state index contributed by atoms with van der Waals surface area (Å²) in [7, 11) is 0. The Hall–Kier alpha value is -3.38. The average Bonchev–Trinajstić information content (AvgIpc) is 3.69. The van der Waals surface area contributed by atoms with Crippen molar-refractivity contribution >= 4 is 32.7 Å². The van der Waals surface area contributed by atoms with Crippen LogP contribution in [0.2, 0.25) is 0 Å². The van der Waals surface area contributed by atoms with Gasteiger partial charge in [-0.05, 0) is 80.1 Å². The van der Waals surface area contributed by atoms with E-state index in [4.69, 9.17) is 0 Å². The lowest BCUT2D eigenvalue weighted by Crippen LogP contribution is -2.06. The maximum atomic E-state index is 2.47. The van der Waals surface area contributed by atoms with Crippen LogP contribution < -0.4 is 0 Å². The van der Waals surface area contributed by atoms with Gasteiger partial charge in [0, 0.05) is 5.92 Å². The second kappa shape index (κ2) is 8.19. The van der Waals surface area contributed by atoms with Gasteiger partial charge in [0.1, 0.15) is 0 Å². The quantitative estimate of drug-likeness (QED) is 0.357. The Kier molecular flexibility index (Phi) is 5.03. The van der Waals surface area contributed by atoms with E-state index in [1.165, 1.54) is 55.0 Å². The van der Waals surface area contributed by atoms with Gasteiger partial charge in [-0.1, -0.05) is 111 Å². The molecule has 2 atom stereocenters. The van der Waals surface area contributed by atoms with Crippen molar-refractivity contribution in [1.29, 1.82) is 0 Å². The Morgan fingerprint density at radius 2 is 1.61 bits per heavy atom. The van der Waals surface area contributed by atoms with Gasteiger partial charge in [0.05, 0.1) is 0 Å². The molecule has 6 rings (SSSR count). The summed E-state index contributed by atoms with van der Waals surface area (Å²) < 4.78 is 0. The second-order valence-corrected chi connectivity index (χ2v) is 9.62. The van der Waals surface area contributed by atoms with Crippen LogP contribution in [-0.4, -0.2) is 0 Å². The molecule has 0 saturated carbocycles. The van der Waals surface area contributed by atoms with Crippen LogP contribution in [-0.2, 0) is 0 Å². The lowest BCUT2D eigenvalue weighted by atomic mass is 9.79. The van der Waals surface area contributed by atoms with Crippen LogP contribution in [0.3, 0.4) is 0 Å². The maximum Gasteiger partial charge on any atom is 0.00561 e. The number of hydrogen-bond acceptors (Lipinski definition) is 0. The molecule has 0 fully saturated rings. The summed E-state index contributed by atoms with van der Waals surface area (Å²) in [6.07, 6.45) is 22.0. The summed E-state index contributed by atoms with van der Waals surface area (Å²) >= 11 is 0. The fourth-order valence-electron chi connectivity index (χ4n) is 5.44. The van der Waals surface area contributed by atoms with E-state index in [2.05, 4.69) is 111 Å². The third kappa shape index (κ3) is 3.55. The van der Waals surface area contributed by atoms with Gasteiger partial charge in [0.25, 0.3) is 0 Å². The number of fused-ring (bicyclic) bond motifs is 3. The second-order valence-electron chi connectivity index (χ2n) is 9.62. The Labute approximate surface area is 197 Å². The third-order valence-electron chi connectivity index (χ3n) is 7.52. The maximum absolute atomic E-state index is 2.47. The molecule has 0 N–H and O–H groups in total. The van der Waals surface area contributed by atoms with Crippen molar-refractivity contribution in [2.24, 2.45) is 11.8 Å². The summed E-state index contributed by atoms with van der Waals surface area (Å²) in [5.74, 6) is 1.03. The SMILES string of the molecule is CCC(C)/C(=C\C1=CC1)c1c2ccccc2c(C2=CCC3C=CC=CC3=C2)c2ccccc12. The number of benzene rings is 3. The lowest BCUT2D eigenvalue weighted by molar-refractivity contribution is 0.719. The zero-order valence-corrected chi connectivity index (χ0v) is 19.5. The first-order chi connectivity index (χ1) is 16.2. The number of rotatable bonds is 5. The van der Waals surface area contributed by atoms with Crippen molar-refractivity contribution in [1.82, 2.24) is 0 Å². The molecular formula is C33H30. The molecule has 0 heteroatoms. The molecule has 0 heterocycles. The van der Waals surface area contributed by atoms with Gasteiger partial charge in [-0.25, -0.2) is 0 Å². The third-order valence-corrected chi connectivity index (χ3v) is 7.52. The summed E-state index contributed by atoms with van der Waals surface area (Å²) in [6.45, 7) is 4.68. The number of hydrogen-bond donors (Lipinski definition) is 0. The molecule has 3 aromatic carbocycles. The highest BCUT2D eigenvalue weighted by molar-refractivity contribution is 6.17. The van der Waals surface area contributed by atoms with Crippen molar-refractivity contribution < 1.29 is 0 Å². The van der Waals surface area contributed by atoms with Crippen molar-refractivity contribution in [2.75, 3.05) is 0 Å². The first-order valence-corrected chi connectivity index (χ1v) is 12.4. The van der Waals surface area contributed by atoms with E-state index >= 15 is 0 Å². The molecule has 3 aliphatic rings. The van der Waals surface area contributed by atoms with Crippen LogP contribution in [0.1, 0.15) is 44.2 Å². The monoisotopic (exact) mass is 426 g/mol. The molecule has 0 amide bonds. The molecule has 162 valence electrons. The predicted molar refractivity (Wildman–Crippen MR) is 144 cm³/mol. The summed E-state index contributed by atoms with van der Waals surface area (Å²) in [5.41, 5.74) is 8.55. The molecule has 0 bridgehead atoms. The lowest BCUT2D eigenvalue weighted by Gasteiger charge is -2.25. The molecule has 33 heavy (non-hydrogen) atoms. The highest BCUT2D eigenvalue weighted by atomic mass is 14.3. The van der Waals surface area contributed by atoms with Crippen molar-refractivity contribution in [2.45, 2.75) is 33.1 Å². The van der Waals surface area contributed by atoms with E-state index in [9.17, 15) is 0 Å². The van der Waals surface area contributed by atoms with Gasteiger partial charge < -0.3 is 0 Å². The molecule has 0 radical (unpaired) electrons. The zero-order valence-electron chi connectivity index (χ0n) is 19.5. The van der Waals surface area contributed by atoms with Crippen LogP contribution in [0.15, 0.2) is 108 Å². The largest absolute Gasteiger partial charge is 0.0767 e. The molecule has 0 saturated heterocycles. The van der Waals surface area contributed by atoms with Gasteiger partial charge in [-0.15, -0.1) is 0 Å². The zero-order chi connectivity index (χ0) is 22.4. The fraction of sp³-hybridized carbons (Fsp3) is 0.212. The first kappa shape index (κ1) is 20.2. The molecular weight excluding hydrogens is 396 g/mol. The van der Waals surface area contributed by atoms with Crippen LogP contribution >= 0.6 is 0 Å². The van der Waals surface area contributed by atoms with E-state index in [0.29, 0.717) is 11.8 Å². The highest BCUT2D eigenvalue weighted by Gasteiger charge is 2.23. The van der Waals surface area contributed by atoms with Crippen molar-refractivity contribution in [3.63, 3.8) is 0 Å². The van der Waals surface area contributed by atoms with Crippen LogP contribution in [0.4, 0.5) is 0 Å². The summed E-state index contributed by atoms with van der Waals surface area (Å²) in [6, 6.07) is 18.1. The smallest absolute Gasteiger partial charge is 0.00561 e. The average molecular weight is 427 g/mol. The minimum Gasteiger partial charge on any atom is -0.0767 e.